The average Bonchev–Trinajstić information content (AvgIpc) is 2.22. The van der Waals surface area contributed by atoms with Crippen LogP contribution in [0.25, 0.3) is 0 Å². The molecule has 0 saturated heterocycles. The van der Waals surface area contributed by atoms with E-state index in [1.807, 2.05) is 0 Å². The van der Waals surface area contributed by atoms with Crippen LogP contribution in [0.1, 0.15) is 43.5 Å². The lowest BCUT2D eigenvalue weighted by molar-refractivity contribution is 0.454. The molecule has 0 atom stereocenters. The Morgan fingerprint density at radius 2 is 2.07 bits per heavy atom. The fraction of sp³-hybridized carbons (Fsp3) is 0.615. The molecule has 0 bridgehead atoms. The van der Waals surface area contributed by atoms with E-state index < -0.39 is 0 Å². The Hall–Kier alpha value is -1.05. The Balaban J connectivity index is 2.41. The number of hydrogen-bond acceptors (Lipinski definition) is 2. The number of aromatic nitrogens is 1. The second-order valence-corrected chi connectivity index (χ2v) is 4.85. The first-order valence-corrected chi connectivity index (χ1v) is 5.87. The molecule has 15 heavy (non-hydrogen) atoms. The Bertz CT molecular complexity index is 358. The van der Waals surface area contributed by atoms with Crippen molar-refractivity contribution in [2.75, 3.05) is 0 Å². The van der Waals surface area contributed by atoms with E-state index in [9.17, 15) is 5.11 Å². The van der Waals surface area contributed by atoms with Crippen LogP contribution in [-0.4, -0.2) is 10.1 Å². The van der Waals surface area contributed by atoms with Gasteiger partial charge < -0.3 is 5.11 Å². The molecule has 1 aliphatic rings. The molecule has 0 radical (unpaired) electrons. The van der Waals surface area contributed by atoms with Gasteiger partial charge >= 0.3 is 0 Å². The van der Waals surface area contributed by atoms with Gasteiger partial charge in [0.1, 0.15) is 5.75 Å². The summed E-state index contributed by atoms with van der Waals surface area (Å²) in [6.45, 7) is 4.38. The maximum atomic E-state index is 9.85. The van der Waals surface area contributed by atoms with Crippen molar-refractivity contribution in [2.45, 2.75) is 46.0 Å². The summed E-state index contributed by atoms with van der Waals surface area (Å²) in [5, 5.41) is 9.85. The van der Waals surface area contributed by atoms with Crippen LogP contribution in [-0.2, 0) is 19.3 Å². The van der Waals surface area contributed by atoms with Crippen molar-refractivity contribution < 1.29 is 5.11 Å². The van der Waals surface area contributed by atoms with Crippen LogP contribution in [0.3, 0.4) is 0 Å². The minimum absolute atomic E-state index is 0.393. The molecule has 0 aliphatic heterocycles. The van der Waals surface area contributed by atoms with E-state index in [1.165, 1.54) is 24.1 Å². The number of pyridine rings is 1. The van der Waals surface area contributed by atoms with Crippen molar-refractivity contribution >= 4 is 0 Å². The van der Waals surface area contributed by atoms with E-state index in [0.29, 0.717) is 11.7 Å². The fourth-order valence-corrected chi connectivity index (χ4v) is 2.36. The van der Waals surface area contributed by atoms with Gasteiger partial charge in [0.15, 0.2) is 0 Å². The first kappa shape index (κ1) is 10.5. The van der Waals surface area contributed by atoms with Crippen LogP contribution in [0.15, 0.2) is 6.20 Å². The van der Waals surface area contributed by atoms with Gasteiger partial charge in [0.25, 0.3) is 0 Å². The molecule has 1 aromatic heterocycles. The second kappa shape index (κ2) is 4.21. The molecule has 82 valence electrons. The lowest BCUT2D eigenvalue weighted by atomic mass is 9.88. The monoisotopic (exact) mass is 205 g/mol. The van der Waals surface area contributed by atoms with Gasteiger partial charge in [-0.2, -0.15) is 0 Å². The van der Waals surface area contributed by atoms with E-state index in [4.69, 9.17) is 0 Å². The Morgan fingerprint density at radius 3 is 2.80 bits per heavy atom. The standard InChI is InChI=1S/C13H19NO/c1-9(2)7-11-10-5-3-4-6-12(10)14-8-13(11)15/h8-9,15H,3-7H2,1-2H3. The maximum absolute atomic E-state index is 9.85. The number of hydrogen-bond donors (Lipinski definition) is 1. The summed E-state index contributed by atoms with van der Waals surface area (Å²) in [6, 6.07) is 0. The topological polar surface area (TPSA) is 33.1 Å². The summed E-state index contributed by atoms with van der Waals surface area (Å²) in [7, 11) is 0. The first-order chi connectivity index (χ1) is 7.18. The third kappa shape index (κ3) is 2.14. The molecule has 0 unspecified atom stereocenters. The van der Waals surface area contributed by atoms with Crippen LogP contribution in [0, 0.1) is 5.92 Å². The van der Waals surface area contributed by atoms with Gasteiger partial charge in [0, 0.05) is 11.3 Å². The van der Waals surface area contributed by atoms with E-state index >= 15 is 0 Å². The Morgan fingerprint density at radius 1 is 1.33 bits per heavy atom. The van der Waals surface area contributed by atoms with Gasteiger partial charge in [-0.05, 0) is 43.6 Å². The lowest BCUT2D eigenvalue weighted by Crippen LogP contribution is -2.10. The molecule has 2 nitrogen and oxygen atoms in total. The number of aromatic hydroxyl groups is 1. The molecule has 0 aromatic carbocycles. The highest BCUT2D eigenvalue weighted by Crippen LogP contribution is 2.30. The normalized spacial score (nSPS) is 15.4. The van der Waals surface area contributed by atoms with Crippen molar-refractivity contribution in [3.63, 3.8) is 0 Å². The predicted molar refractivity (Wildman–Crippen MR) is 61.1 cm³/mol. The van der Waals surface area contributed by atoms with Gasteiger partial charge in [-0.1, -0.05) is 13.8 Å². The zero-order valence-electron chi connectivity index (χ0n) is 9.58. The number of aryl methyl sites for hydroxylation is 1. The highest BCUT2D eigenvalue weighted by molar-refractivity contribution is 5.41. The van der Waals surface area contributed by atoms with Gasteiger partial charge in [-0.15, -0.1) is 0 Å². The van der Waals surface area contributed by atoms with Crippen molar-refractivity contribution in [3.8, 4) is 5.75 Å². The van der Waals surface area contributed by atoms with Crippen molar-refractivity contribution in [1.82, 2.24) is 4.98 Å². The highest BCUT2D eigenvalue weighted by atomic mass is 16.3. The van der Waals surface area contributed by atoms with E-state index in [-0.39, 0.29) is 0 Å². The summed E-state index contributed by atoms with van der Waals surface area (Å²) in [5.74, 6) is 0.980. The minimum Gasteiger partial charge on any atom is -0.506 e. The number of rotatable bonds is 2. The quantitative estimate of drug-likeness (QED) is 0.805. The van der Waals surface area contributed by atoms with E-state index in [1.54, 1.807) is 6.20 Å². The van der Waals surface area contributed by atoms with Crippen molar-refractivity contribution in [2.24, 2.45) is 5.92 Å². The molecule has 0 fully saturated rings. The maximum Gasteiger partial charge on any atom is 0.137 e. The summed E-state index contributed by atoms with van der Waals surface area (Å²) in [5.41, 5.74) is 3.69. The third-order valence-corrected chi connectivity index (χ3v) is 3.07. The van der Waals surface area contributed by atoms with Crippen molar-refractivity contribution in [3.05, 3.63) is 23.0 Å². The van der Waals surface area contributed by atoms with E-state index in [0.717, 1.165) is 24.8 Å². The fourth-order valence-electron chi connectivity index (χ4n) is 2.36. The zero-order valence-corrected chi connectivity index (χ0v) is 9.58. The Labute approximate surface area is 91.4 Å². The van der Waals surface area contributed by atoms with Gasteiger partial charge in [0.05, 0.1) is 6.20 Å². The molecule has 1 heterocycles. The molecule has 0 saturated carbocycles. The molecule has 2 rings (SSSR count). The molecule has 1 N–H and O–H groups in total. The molecule has 1 aromatic rings. The SMILES string of the molecule is CC(C)Cc1c(O)cnc2c1CCCC2. The van der Waals surface area contributed by atoms with E-state index in [2.05, 4.69) is 18.8 Å². The minimum atomic E-state index is 0.393. The molecule has 0 amide bonds. The Kier molecular flexibility index (Phi) is 2.94. The number of nitrogens with zero attached hydrogens (tertiary/aromatic N) is 1. The smallest absolute Gasteiger partial charge is 0.137 e. The van der Waals surface area contributed by atoms with Crippen LogP contribution >= 0.6 is 0 Å². The average molecular weight is 205 g/mol. The zero-order chi connectivity index (χ0) is 10.8. The summed E-state index contributed by atoms with van der Waals surface area (Å²) < 4.78 is 0. The molecule has 0 spiro atoms. The van der Waals surface area contributed by atoms with Gasteiger partial charge in [0.2, 0.25) is 0 Å². The molecule has 1 aliphatic carbocycles. The second-order valence-electron chi connectivity index (χ2n) is 4.85. The van der Waals surface area contributed by atoms with Crippen LogP contribution in [0.4, 0.5) is 0 Å². The summed E-state index contributed by atoms with van der Waals surface area (Å²) in [4.78, 5) is 4.34. The summed E-state index contributed by atoms with van der Waals surface area (Å²) >= 11 is 0. The molecular formula is C13H19NO. The lowest BCUT2D eigenvalue weighted by Gasteiger charge is -2.20. The number of fused-ring (bicyclic) bond motifs is 1. The molecular weight excluding hydrogens is 186 g/mol. The third-order valence-electron chi connectivity index (χ3n) is 3.07. The van der Waals surface area contributed by atoms with Crippen LogP contribution in [0.2, 0.25) is 0 Å². The largest absolute Gasteiger partial charge is 0.506 e. The van der Waals surface area contributed by atoms with Gasteiger partial charge in [-0.3, -0.25) is 4.98 Å². The first-order valence-electron chi connectivity index (χ1n) is 5.87. The van der Waals surface area contributed by atoms with Crippen LogP contribution < -0.4 is 0 Å². The molecule has 2 heteroatoms. The van der Waals surface area contributed by atoms with Gasteiger partial charge in [-0.25, -0.2) is 0 Å². The highest BCUT2D eigenvalue weighted by Gasteiger charge is 2.17. The van der Waals surface area contributed by atoms with Crippen molar-refractivity contribution in [1.29, 1.82) is 0 Å². The van der Waals surface area contributed by atoms with Crippen LogP contribution in [0.5, 0.6) is 5.75 Å². The predicted octanol–water partition coefficient (Wildman–Crippen LogP) is 2.86. The summed E-state index contributed by atoms with van der Waals surface area (Å²) in [6.07, 6.45) is 7.26.